The van der Waals surface area contributed by atoms with Gasteiger partial charge in [-0.05, 0) is 44.0 Å². The summed E-state index contributed by atoms with van der Waals surface area (Å²) in [4.78, 5) is 16.0. The average molecular weight is 501 g/mol. The Balaban J connectivity index is 1.55. The average Bonchev–Trinajstić information content (AvgIpc) is 3.44. The van der Waals surface area contributed by atoms with Crippen LogP contribution in [0.3, 0.4) is 0 Å². The van der Waals surface area contributed by atoms with E-state index >= 15 is 0 Å². The van der Waals surface area contributed by atoms with Crippen LogP contribution in [0.25, 0.3) is 11.5 Å². The summed E-state index contributed by atoms with van der Waals surface area (Å²) < 4.78 is 54.2. The van der Waals surface area contributed by atoms with E-state index in [9.17, 15) is 13.2 Å². The van der Waals surface area contributed by atoms with E-state index in [1.165, 1.54) is 12.1 Å². The highest BCUT2D eigenvalue weighted by Gasteiger charge is 2.39. The first-order valence-electron chi connectivity index (χ1n) is 11.7. The lowest BCUT2D eigenvalue weighted by Gasteiger charge is -2.30. The van der Waals surface area contributed by atoms with Crippen LogP contribution in [0.4, 0.5) is 18.9 Å². The van der Waals surface area contributed by atoms with Gasteiger partial charge in [0.2, 0.25) is 5.88 Å². The van der Waals surface area contributed by atoms with Crippen LogP contribution < -0.4 is 9.64 Å². The van der Waals surface area contributed by atoms with Gasteiger partial charge >= 0.3 is 6.18 Å². The van der Waals surface area contributed by atoms with Crippen molar-refractivity contribution in [1.82, 2.24) is 19.7 Å². The fourth-order valence-electron chi connectivity index (χ4n) is 5.01. The number of fused-ring (bicyclic) bond motifs is 1. The number of nitrogens with zero attached hydrogens (tertiary/aromatic N) is 6. The number of hydrogen-bond donors (Lipinski definition) is 0. The van der Waals surface area contributed by atoms with Crippen molar-refractivity contribution in [1.29, 1.82) is 0 Å². The van der Waals surface area contributed by atoms with Gasteiger partial charge in [0.15, 0.2) is 5.82 Å². The SMILES string of the molecule is COc1nc(-c2nc3n(n2)CC(OC)CC3c2ccccc2C(F)(F)F)ccc1N1CC(C)=NC1C. The van der Waals surface area contributed by atoms with Crippen molar-refractivity contribution in [3.63, 3.8) is 0 Å². The number of anilines is 1. The smallest absolute Gasteiger partial charge is 0.416 e. The normalized spacial score (nSPS) is 21.9. The first kappa shape index (κ1) is 24.2. The molecular weight excluding hydrogens is 473 g/mol. The zero-order valence-corrected chi connectivity index (χ0v) is 20.5. The molecule has 0 amide bonds. The molecule has 0 saturated carbocycles. The van der Waals surface area contributed by atoms with Crippen LogP contribution in [0.1, 0.15) is 43.1 Å². The summed E-state index contributed by atoms with van der Waals surface area (Å²) in [6.45, 7) is 5.04. The fourth-order valence-corrected chi connectivity index (χ4v) is 5.01. The minimum atomic E-state index is -4.48. The number of benzene rings is 1. The minimum Gasteiger partial charge on any atom is -0.480 e. The van der Waals surface area contributed by atoms with Crippen LogP contribution in [0.15, 0.2) is 41.4 Å². The Hall–Kier alpha value is -3.47. The van der Waals surface area contributed by atoms with E-state index in [0.717, 1.165) is 17.5 Å². The first-order valence-corrected chi connectivity index (χ1v) is 11.7. The quantitative estimate of drug-likeness (QED) is 0.512. The maximum absolute atomic E-state index is 13.8. The Kier molecular flexibility index (Phi) is 6.19. The van der Waals surface area contributed by atoms with E-state index in [1.807, 2.05) is 19.9 Å². The van der Waals surface area contributed by atoms with Crippen LogP contribution in [0, 0.1) is 0 Å². The number of ether oxygens (including phenoxy) is 2. The number of hydrogen-bond acceptors (Lipinski definition) is 7. The second kappa shape index (κ2) is 9.20. The van der Waals surface area contributed by atoms with Crippen molar-refractivity contribution in [2.75, 3.05) is 25.7 Å². The zero-order valence-electron chi connectivity index (χ0n) is 20.5. The van der Waals surface area contributed by atoms with Gasteiger partial charge < -0.3 is 14.4 Å². The minimum absolute atomic E-state index is 0.0370. The molecule has 0 aliphatic carbocycles. The third-order valence-corrected chi connectivity index (χ3v) is 6.69. The number of methoxy groups -OCH3 is 2. The van der Waals surface area contributed by atoms with Crippen molar-refractivity contribution in [3.05, 3.63) is 53.3 Å². The van der Waals surface area contributed by atoms with Crippen LogP contribution >= 0.6 is 0 Å². The van der Waals surface area contributed by atoms with Crippen LogP contribution in [-0.2, 0) is 17.5 Å². The standard InChI is InChI=1S/C25H27F3N6O2/c1-14-12-33(15(2)29-14)21-10-9-20(30-24(21)36-4)22-31-23-18(11-16(35-3)13-34(23)32-22)17-7-5-6-8-19(17)25(26,27)28/h5-10,15-16,18H,11-13H2,1-4H3. The zero-order chi connectivity index (χ0) is 25.6. The molecule has 2 aromatic heterocycles. The molecule has 11 heteroatoms. The predicted molar refractivity (Wildman–Crippen MR) is 128 cm³/mol. The second-order valence-electron chi connectivity index (χ2n) is 9.06. The number of halogens is 3. The molecule has 4 heterocycles. The van der Waals surface area contributed by atoms with Gasteiger partial charge in [0, 0.05) is 18.7 Å². The van der Waals surface area contributed by atoms with Gasteiger partial charge in [-0.1, -0.05) is 18.2 Å². The summed E-state index contributed by atoms with van der Waals surface area (Å²) in [6, 6.07) is 9.29. The maximum Gasteiger partial charge on any atom is 0.416 e. The van der Waals surface area contributed by atoms with Crippen molar-refractivity contribution in [2.45, 2.75) is 51.2 Å². The Morgan fingerprint density at radius 1 is 1.06 bits per heavy atom. The first-order chi connectivity index (χ1) is 17.2. The molecule has 3 unspecified atom stereocenters. The van der Waals surface area contributed by atoms with Gasteiger partial charge in [0.1, 0.15) is 23.4 Å². The topological polar surface area (TPSA) is 77.7 Å². The number of aliphatic imine (C=N–C) groups is 1. The number of aromatic nitrogens is 4. The molecular formula is C25H27F3N6O2. The van der Waals surface area contributed by atoms with Crippen LogP contribution in [0.5, 0.6) is 5.88 Å². The highest BCUT2D eigenvalue weighted by molar-refractivity contribution is 5.90. The van der Waals surface area contributed by atoms with E-state index in [4.69, 9.17) is 9.47 Å². The molecule has 5 rings (SSSR count). The molecule has 0 bridgehead atoms. The van der Waals surface area contributed by atoms with Crippen molar-refractivity contribution < 1.29 is 22.6 Å². The van der Waals surface area contributed by atoms with Crippen molar-refractivity contribution in [2.24, 2.45) is 4.99 Å². The highest BCUT2D eigenvalue weighted by Crippen LogP contribution is 2.41. The molecule has 0 N–H and O–H groups in total. The molecule has 3 atom stereocenters. The molecule has 0 saturated heterocycles. The molecule has 0 spiro atoms. The van der Waals surface area contributed by atoms with Crippen LogP contribution in [-0.4, -0.2) is 58.5 Å². The van der Waals surface area contributed by atoms with Gasteiger partial charge in [0.25, 0.3) is 0 Å². The van der Waals surface area contributed by atoms with Gasteiger partial charge in [0.05, 0.1) is 31.9 Å². The predicted octanol–water partition coefficient (Wildman–Crippen LogP) is 4.55. The van der Waals surface area contributed by atoms with Gasteiger partial charge in [-0.15, -0.1) is 5.10 Å². The largest absolute Gasteiger partial charge is 0.480 e. The maximum atomic E-state index is 13.8. The monoisotopic (exact) mass is 500 g/mol. The molecule has 2 aliphatic heterocycles. The third-order valence-electron chi connectivity index (χ3n) is 6.69. The summed E-state index contributed by atoms with van der Waals surface area (Å²) in [5.41, 5.74) is 1.78. The highest BCUT2D eigenvalue weighted by atomic mass is 19.4. The summed E-state index contributed by atoms with van der Waals surface area (Å²) >= 11 is 0. The Morgan fingerprint density at radius 2 is 1.83 bits per heavy atom. The summed E-state index contributed by atoms with van der Waals surface area (Å²) in [7, 11) is 3.10. The molecule has 1 aromatic carbocycles. The van der Waals surface area contributed by atoms with Gasteiger partial charge in [-0.2, -0.15) is 13.2 Å². The van der Waals surface area contributed by atoms with E-state index in [1.54, 1.807) is 31.0 Å². The van der Waals surface area contributed by atoms with Crippen molar-refractivity contribution in [3.8, 4) is 17.4 Å². The van der Waals surface area contributed by atoms with E-state index in [2.05, 4.69) is 25.0 Å². The molecule has 36 heavy (non-hydrogen) atoms. The lowest BCUT2D eigenvalue weighted by atomic mass is 9.86. The lowest BCUT2D eigenvalue weighted by molar-refractivity contribution is -0.138. The molecule has 0 radical (unpaired) electrons. The van der Waals surface area contributed by atoms with E-state index in [0.29, 0.717) is 42.7 Å². The van der Waals surface area contributed by atoms with E-state index < -0.39 is 17.7 Å². The molecule has 0 fully saturated rings. The lowest BCUT2D eigenvalue weighted by Crippen LogP contribution is -2.31. The Labute approximate surface area is 206 Å². The Morgan fingerprint density at radius 3 is 2.50 bits per heavy atom. The van der Waals surface area contributed by atoms with Gasteiger partial charge in [-0.25, -0.2) is 14.6 Å². The van der Waals surface area contributed by atoms with Gasteiger partial charge in [-0.3, -0.25) is 4.99 Å². The summed E-state index contributed by atoms with van der Waals surface area (Å²) in [5.74, 6) is 0.556. The van der Waals surface area contributed by atoms with E-state index in [-0.39, 0.29) is 17.8 Å². The summed E-state index contributed by atoms with van der Waals surface area (Å²) in [5, 5.41) is 4.61. The molecule has 190 valence electrons. The van der Waals surface area contributed by atoms with Crippen molar-refractivity contribution >= 4 is 11.4 Å². The number of rotatable bonds is 5. The third kappa shape index (κ3) is 4.32. The number of alkyl halides is 3. The summed E-state index contributed by atoms with van der Waals surface area (Å²) in [6.07, 6.45) is -4.46. The number of pyridine rings is 1. The fraction of sp³-hybridized carbons (Fsp3) is 0.440. The molecule has 2 aliphatic rings. The van der Waals surface area contributed by atoms with Crippen LogP contribution in [0.2, 0.25) is 0 Å². The molecule has 8 nitrogen and oxygen atoms in total. The molecule has 3 aromatic rings. The Bertz CT molecular complexity index is 1310. The second-order valence-corrected chi connectivity index (χ2v) is 9.06.